The molecule has 32 heavy (non-hydrogen) atoms. The molecule has 0 aliphatic rings. The van der Waals surface area contributed by atoms with Gasteiger partial charge in [0.25, 0.3) is 0 Å². The lowest BCUT2D eigenvalue weighted by molar-refractivity contribution is -0.141. The Morgan fingerprint density at radius 1 is 1.06 bits per heavy atom. The third-order valence-electron chi connectivity index (χ3n) is 4.77. The molecule has 0 aliphatic heterocycles. The molecule has 6 heteroatoms. The SMILES string of the molecule is C.CC(C)=CCC/C(C)=C/CC/C(C)=C/CSC[C@H](NC(=O)CCc1ccco1)C(=O)O. The maximum Gasteiger partial charge on any atom is 0.327 e. The predicted molar refractivity (Wildman–Crippen MR) is 136 cm³/mol. The van der Waals surface area contributed by atoms with E-state index < -0.39 is 12.0 Å². The highest BCUT2D eigenvalue weighted by Crippen LogP contribution is 2.13. The van der Waals surface area contributed by atoms with E-state index in [1.807, 2.05) is 0 Å². The molecule has 2 N–H and O–H groups in total. The van der Waals surface area contributed by atoms with Gasteiger partial charge in [-0.15, -0.1) is 0 Å². The van der Waals surface area contributed by atoms with Crippen molar-refractivity contribution in [3.63, 3.8) is 0 Å². The molecule has 1 aromatic rings. The van der Waals surface area contributed by atoms with Crippen LogP contribution < -0.4 is 5.32 Å². The van der Waals surface area contributed by atoms with E-state index in [0.29, 0.717) is 12.2 Å². The maximum atomic E-state index is 12.0. The normalized spacial score (nSPS) is 12.6. The van der Waals surface area contributed by atoms with Gasteiger partial charge in [-0.2, -0.15) is 11.8 Å². The molecule has 0 fully saturated rings. The monoisotopic (exact) mass is 463 g/mol. The molecule has 0 saturated carbocycles. The molecule has 0 unspecified atom stereocenters. The molecular formula is C26H41NO4S. The number of allylic oxidation sites excluding steroid dienone is 5. The quantitative estimate of drug-likeness (QED) is 0.227. The van der Waals surface area contributed by atoms with Gasteiger partial charge in [-0.3, -0.25) is 4.79 Å². The Bertz CT molecular complexity index is 759. The van der Waals surface area contributed by atoms with E-state index in [0.717, 1.165) is 37.2 Å². The van der Waals surface area contributed by atoms with Crippen LogP contribution in [0.4, 0.5) is 0 Å². The summed E-state index contributed by atoms with van der Waals surface area (Å²) >= 11 is 1.52. The fourth-order valence-corrected chi connectivity index (χ4v) is 3.86. The van der Waals surface area contributed by atoms with E-state index in [1.165, 1.54) is 28.5 Å². The van der Waals surface area contributed by atoms with E-state index in [4.69, 9.17) is 4.42 Å². The number of nitrogens with one attached hydrogen (secondary N) is 1. The Hall–Kier alpha value is -2.21. The van der Waals surface area contributed by atoms with Crippen LogP contribution in [0.15, 0.2) is 57.8 Å². The number of amides is 1. The molecule has 0 aliphatic carbocycles. The van der Waals surface area contributed by atoms with Gasteiger partial charge in [-0.25, -0.2) is 4.79 Å². The van der Waals surface area contributed by atoms with Crippen molar-refractivity contribution < 1.29 is 19.1 Å². The Kier molecular flexibility index (Phi) is 16.2. The van der Waals surface area contributed by atoms with Gasteiger partial charge in [-0.05, 0) is 65.5 Å². The molecule has 0 radical (unpaired) electrons. The van der Waals surface area contributed by atoms with Gasteiger partial charge in [0.2, 0.25) is 5.91 Å². The van der Waals surface area contributed by atoms with Gasteiger partial charge in [-0.1, -0.05) is 42.4 Å². The number of hydrogen-bond donors (Lipinski definition) is 2. The smallest absolute Gasteiger partial charge is 0.327 e. The van der Waals surface area contributed by atoms with Crippen molar-refractivity contribution in [2.75, 3.05) is 11.5 Å². The number of aryl methyl sites for hydroxylation is 1. The highest BCUT2D eigenvalue weighted by atomic mass is 32.2. The lowest BCUT2D eigenvalue weighted by Gasteiger charge is -2.13. The van der Waals surface area contributed by atoms with Crippen molar-refractivity contribution in [2.24, 2.45) is 0 Å². The summed E-state index contributed by atoms with van der Waals surface area (Å²) in [5.74, 6) is 0.516. The van der Waals surface area contributed by atoms with Crippen LogP contribution in [0.5, 0.6) is 0 Å². The molecular weight excluding hydrogens is 422 g/mol. The average Bonchev–Trinajstić information content (AvgIpc) is 3.22. The molecule has 0 saturated heterocycles. The third-order valence-corrected chi connectivity index (χ3v) is 5.74. The lowest BCUT2D eigenvalue weighted by atomic mass is 10.1. The van der Waals surface area contributed by atoms with Gasteiger partial charge in [0.1, 0.15) is 11.8 Å². The van der Waals surface area contributed by atoms with Crippen molar-refractivity contribution in [3.8, 4) is 0 Å². The summed E-state index contributed by atoms with van der Waals surface area (Å²) in [6.07, 6.45) is 13.2. The molecule has 0 spiro atoms. The number of rotatable bonds is 15. The highest BCUT2D eigenvalue weighted by Gasteiger charge is 2.19. The van der Waals surface area contributed by atoms with E-state index >= 15 is 0 Å². The molecule has 0 bridgehead atoms. The first-order chi connectivity index (χ1) is 14.8. The van der Waals surface area contributed by atoms with Gasteiger partial charge in [0.05, 0.1) is 6.26 Å². The third kappa shape index (κ3) is 14.7. The number of carbonyl (C=O) groups is 2. The summed E-state index contributed by atoms with van der Waals surface area (Å²) in [6, 6.07) is 2.69. The number of furan rings is 1. The molecule has 1 atom stereocenters. The van der Waals surface area contributed by atoms with Gasteiger partial charge < -0.3 is 14.8 Å². The zero-order valence-corrected chi connectivity index (χ0v) is 20.1. The Balaban J connectivity index is 0.00000961. The van der Waals surface area contributed by atoms with E-state index in [2.05, 4.69) is 51.2 Å². The van der Waals surface area contributed by atoms with Crippen LogP contribution in [0.2, 0.25) is 0 Å². The second-order valence-corrected chi connectivity index (χ2v) is 9.11. The summed E-state index contributed by atoms with van der Waals surface area (Å²) in [7, 11) is 0. The van der Waals surface area contributed by atoms with Crippen molar-refractivity contribution in [1.29, 1.82) is 0 Å². The molecule has 1 amide bonds. The van der Waals surface area contributed by atoms with Crippen molar-refractivity contribution in [2.45, 2.75) is 79.7 Å². The van der Waals surface area contributed by atoms with Crippen LogP contribution in [-0.2, 0) is 16.0 Å². The van der Waals surface area contributed by atoms with Crippen LogP contribution in [0, 0.1) is 0 Å². The first-order valence-electron chi connectivity index (χ1n) is 10.8. The van der Waals surface area contributed by atoms with Crippen LogP contribution in [-0.4, -0.2) is 34.5 Å². The Morgan fingerprint density at radius 3 is 2.31 bits per heavy atom. The largest absolute Gasteiger partial charge is 0.480 e. The molecule has 5 nitrogen and oxygen atoms in total. The minimum Gasteiger partial charge on any atom is -0.480 e. The van der Waals surface area contributed by atoms with Crippen molar-refractivity contribution in [1.82, 2.24) is 5.32 Å². The predicted octanol–water partition coefficient (Wildman–Crippen LogP) is 6.57. The number of hydrogen-bond acceptors (Lipinski definition) is 4. The van der Waals surface area contributed by atoms with Gasteiger partial charge in [0.15, 0.2) is 0 Å². The number of aliphatic carboxylic acids is 1. The Labute approximate surface area is 198 Å². The minimum atomic E-state index is -1.01. The van der Waals surface area contributed by atoms with E-state index in [-0.39, 0.29) is 19.8 Å². The van der Waals surface area contributed by atoms with Crippen LogP contribution in [0.3, 0.4) is 0 Å². The van der Waals surface area contributed by atoms with Crippen LogP contribution in [0.25, 0.3) is 0 Å². The summed E-state index contributed by atoms with van der Waals surface area (Å²) in [5.41, 5.74) is 4.09. The molecule has 0 aromatic carbocycles. The number of thioether (sulfide) groups is 1. The lowest BCUT2D eigenvalue weighted by Crippen LogP contribution is -2.42. The first kappa shape index (κ1) is 29.8. The number of carboxylic acid groups (broad SMARTS) is 1. The van der Waals surface area contributed by atoms with E-state index in [1.54, 1.807) is 18.4 Å². The van der Waals surface area contributed by atoms with Crippen LogP contribution in [0.1, 0.15) is 73.0 Å². The molecule has 1 heterocycles. The average molecular weight is 464 g/mol. The van der Waals surface area contributed by atoms with E-state index in [9.17, 15) is 14.7 Å². The standard InChI is InChI=1S/C25H37NO4S.CH4/c1-19(2)8-5-9-20(3)10-6-11-21(4)15-17-31-18-23(25(28)29)26-24(27)14-13-22-12-7-16-30-22;/h7-8,10,12,15-16,23H,5-6,9,11,13-14,17-18H2,1-4H3,(H,26,27)(H,28,29);1H4/b20-10+,21-15+;/t23-;/m0./s1. The minimum absolute atomic E-state index is 0. The van der Waals surface area contributed by atoms with Gasteiger partial charge in [0, 0.05) is 24.3 Å². The van der Waals surface area contributed by atoms with Crippen molar-refractivity contribution >= 4 is 23.6 Å². The maximum absolute atomic E-state index is 12.0. The molecule has 1 aromatic heterocycles. The second kappa shape index (κ2) is 17.4. The van der Waals surface area contributed by atoms with Crippen molar-refractivity contribution in [3.05, 3.63) is 59.1 Å². The summed E-state index contributed by atoms with van der Waals surface area (Å²) in [6.45, 7) is 8.54. The fraction of sp³-hybridized carbons (Fsp3) is 0.538. The summed E-state index contributed by atoms with van der Waals surface area (Å²) in [4.78, 5) is 23.5. The number of carbonyl (C=O) groups excluding carboxylic acids is 1. The van der Waals surface area contributed by atoms with Gasteiger partial charge >= 0.3 is 5.97 Å². The topological polar surface area (TPSA) is 79.5 Å². The first-order valence-corrected chi connectivity index (χ1v) is 12.0. The van der Waals surface area contributed by atoms with Crippen LogP contribution >= 0.6 is 11.8 Å². The molecule has 180 valence electrons. The zero-order chi connectivity index (χ0) is 23.1. The second-order valence-electron chi connectivity index (χ2n) is 8.03. The summed E-state index contributed by atoms with van der Waals surface area (Å²) < 4.78 is 5.19. The fourth-order valence-electron chi connectivity index (χ4n) is 2.86. The Morgan fingerprint density at radius 2 is 1.72 bits per heavy atom. The number of carboxylic acids is 1. The highest BCUT2D eigenvalue weighted by molar-refractivity contribution is 7.99. The summed E-state index contributed by atoms with van der Waals surface area (Å²) in [5, 5.41) is 12.0. The molecule has 1 rings (SSSR count). The zero-order valence-electron chi connectivity index (χ0n) is 19.3.